The van der Waals surface area contributed by atoms with Gasteiger partial charge in [0, 0.05) is 3.57 Å². The lowest BCUT2D eigenvalue weighted by Gasteiger charge is -2.11. The molecule has 106 valence electrons. The van der Waals surface area contributed by atoms with E-state index in [1.54, 1.807) is 18.2 Å². The molecule has 0 aliphatic heterocycles. The zero-order valence-electron chi connectivity index (χ0n) is 10.4. The molecule has 0 saturated heterocycles. The van der Waals surface area contributed by atoms with E-state index >= 15 is 0 Å². The summed E-state index contributed by atoms with van der Waals surface area (Å²) in [5.41, 5.74) is 0.556. The molecule has 0 aromatic heterocycles. The highest BCUT2D eigenvalue weighted by Gasteiger charge is 2.17. The van der Waals surface area contributed by atoms with Crippen LogP contribution in [-0.2, 0) is 10.0 Å². The molecule has 0 heterocycles. The Balaban J connectivity index is 2.36. The average molecular weight is 468 g/mol. The van der Waals surface area contributed by atoms with Crippen molar-refractivity contribution in [3.8, 4) is 5.75 Å². The van der Waals surface area contributed by atoms with Crippen LogP contribution in [0, 0.1) is 3.57 Å². The second-order valence-corrected chi connectivity index (χ2v) is 7.58. The first-order valence-corrected chi connectivity index (χ1v) is 8.90. The molecule has 0 saturated carbocycles. The van der Waals surface area contributed by atoms with Crippen molar-refractivity contribution in [3.63, 3.8) is 0 Å². The molecule has 0 radical (unpaired) electrons. The highest BCUT2D eigenvalue weighted by molar-refractivity contribution is 14.1. The Morgan fingerprint density at radius 2 is 1.90 bits per heavy atom. The van der Waals surface area contributed by atoms with E-state index in [-0.39, 0.29) is 4.90 Å². The number of benzene rings is 2. The van der Waals surface area contributed by atoms with Gasteiger partial charge >= 0.3 is 0 Å². The number of para-hydroxylation sites is 1. The van der Waals surface area contributed by atoms with Gasteiger partial charge in [-0.2, -0.15) is 0 Å². The summed E-state index contributed by atoms with van der Waals surface area (Å²) in [7, 11) is -2.10. The molecule has 0 atom stereocenters. The maximum absolute atomic E-state index is 12.3. The summed E-state index contributed by atoms with van der Waals surface area (Å²) in [5, 5.41) is 0. The number of methoxy groups -OCH3 is 1. The maximum atomic E-state index is 12.3. The molecule has 2 rings (SSSR count). The fourth-order valence-electron chi connectivity index (χ4n) is 1.56. The molecule has 0 bridgehead atoms. The third-order valence-corrected chi connectivity index (χ3v) is 5.48. The number of anilines is 1. The van der Waals surface area contributed by atoms with Crippen molar-refractivity contribution in [2.75, 3.05) is 11.8 Å². The SMILES string of the molecule is COc1ccc(S(=O)(=O)Nc2ccccc2I)cc1Br. The largest absolute Gasteiger partial charge is 0.496 e. The molecule has 7 heteroatoms. The first-order valence-electron chi connectivity index (χ1n) is 5.55. The van der Waals surface area contributed by atoms with Crippen molar-refractivity contribution in [2.24, 2.45) is 0 Å². The normalized spacial score (nSPS) is 11.2. The predicted molar refractivity (Wildman–Crippen MR) is 90.7 cm³/mol. The standard InChI is InChI=1S/C13H11BrINO3S/c1-19-13-7-6-9(8-10(13)14)20(17,18)16-12-5-3-2-4-11(12)15/h2-8,16H,1H3. The van der Waals surface area contributed by atoms with Gasteiger partial charge in [-0.25, -0.2) is 8.42 Å². The third kappa shape index (κ3) is 3.44. The van der Waals surface area contributed by atoms with Crippen LogP contribution in [0.2, 0.25) is 0 Å². The minimum absolute atomic E-state index is 0.171. The second-order valence-electron chi connectivity index (χ2n) is 3.88. The topological polar surface area (TPSA) is 55.4 Å². The van der Waals surface area contributed by atoms with Gasteiger partial charge in [0.15, 0.2) is 0 Å². The smallest absolute Gasteiger partial charge is 0.261 e. The lowest BCUT2D eigenvalue weighted by molar-refractivity contribution is 0.411. The number of ether oxygens (including phenoxy) is 1. The molecular weight excluding hydrogens is 457 g/mol. The van der Waals surface area contributed by atoms with Crippen LogP contribution in [0.1, 0.15) is 0 Å². The van der Waals surface area contributed by atoms with Crippen LogP contribution >= 0.6 is 38.5 Å². The van der Waals surface area contributed by atoms with Gasteiger partial charge in [-0.15, -0.1) is 0 Å². The van der Waals surface area contributed by atoms with E-state index in [9.17, 15) is 8.42 Å². The molecule has 0 amide bonds. The molecule has 0 aliphatic rings. The Labute approximate surface area is 139 Å². The fraction of sp³-hybridized carbons (Fsp3) is 0.0769. The van der Waals surface area contributed by atoms with Crippen LogP contribution < -0.4 is 9.46 Å². The zero-order valence-corrected chi connectivity index (χ0v) is 15.0. The van der Waals surface area contributed by atoms with E-state index < -0.39 is 10.0 Å². The summed E-state index contributed by atoms with van der Waals surface area (Å²) in [6.45, 7) is 0. The zero-order chi connectivity index (χ0) is 14.8. The van der Waals surface area contributed by atoms with Crippen molar-refractivity contribution >= 4 is 54.2 Å². The minimum Gasteiger partial charge on any atom is -0.496 e. The van der Waals surface area contributed by atoms with Gasteiger partial charge in [-0.1, -0.05) is 12.1 Å². The molecule has 4 nitrogen and oxygen atoms in total. The monoisotopic (exact) mass is 467 g/mol. The molecule has 0 fully saturated rings. The van der Waals surface area contributed by atoms with E-state index in [4.69, 9.17) is 4.74 Å². The Hall–Kier alpha value is -0.800. The van der Waals surface area contributed by atoms with E-state index in [0.717, 1.165) is 3.57 Å². The Morgan fingerprint density at radius 3 is 2.50 bits per heavy atom. The maximum Gasteiger partial charge on any atom is 0.261 e. The lowest BCUT2D eigenvalue weighted by atomic mass is 10.3. The Kier molecular flexibility index (Phi) is 4.92. The lowest BCUT2D eigenvalue weighted by Crippen LogP contribution is -2.13. The second kappa shape index (κ2) is 6.31. The number of halogens is 2. The Morgan fingerprint density at radius 1 is 1.20 bits per heavy atom. The number of hydrogen-bond acceptors (Lipinski definition) is 3. The summed E-state index contributed by atoms with van der Waals surface area (Å²) in [4.78, 5) is 0.171. The quantitative estimate of drug-likeness (QED) is 0.694. The highest BCUT2D eigenvalue weighted by Crippen LogP contribution is 2.29. The summed E-state index contributed by atoms with van der Waals surface area (Å²) in [5.74, 6) is 0.582. The summed E-state index contributed by atoms with van der Waals surface area (Å²) >= 11 is 5.36. The summed E-state index contributed by atoms with van der Waals surface area (Å²) in [6.07, 6.45) is 0. The number of sulfonamides is 1. The molecule has 0 unspecified atom stereocenters. The molecule has 0 aliphatic carbocycles. The molecule has 1 N–H and O–H groups in total. The first kappa shape index (κ1) is 15.6. The first-order chi connectivity index (χ1) is 9.44. The van der Waals surface area contributed by atoms with Gasteiger partial charge < -0.3 is 4.74 Å². The molecule has 20 heavy (non-hydrogen) atoms. The van der Waals surface area contributed by atoms with Crippen LogP contribution in [0.15, 0.2) is 51.8 Å². The molecule has 0 spiro atoms. The summed E-state index contributed by atoms with van der Waals surface area (Å²) in [6, 6.07) is 11.8. The molecule has 2 aromatic carbocycles. The van der Waals surface area contributed by atoms with Crippen molar-refractivity contribution in [1.82, 2.24) is 0 Å². The van der Waals surface area contributed by atoms with E-state index in [0.29, 0.717) is 15.9 Å². The van der Waals surface area contributed by atoms with Gasteiger partial charge in [-0.05, 0) is 68.9 Å². The summed E-state index contributed by atoms with van der Waals surface area (Å²) < 4.78 is 33.7. The van der Waals surface area contributed by atoms with Gasteiger partial charge in [-0.3, -0.25) is 4.72 Å². The van der Waals surface area contributed by atoms with Crippen molar-refractivity contribution in [1.29, 1.82) is 0 Å². The average Bonchev–Trinajstić information content (AvgIpc) is 2.41. The predicted octanol–water partition coefficient (Wildman–Crippen LogP) is 3.86. The van der Waals surface area contributed by atoms with Crippen molar-refractivity contribution in [2.45, 2.75) is 4.90 Å². The molecular formula is C13H11BrINO3S. The number of rotatable bonds is 4. The minimum atomic E-state index is -3.62. The highest BCUT2D eigenvalue weighted by atomic mass is 127. The van der Waals surface area contributed by atoms with Crippen molar-refractivity contribution < 1.29 is 13.2 Å². The Bertz CT molecular complexity index is 734. The van der Waals surface area contributed by atoms with E-state index in [1.165, 1.54) is 19.2 Å². The van der Waals surface area contributed by atoms with Crippen molar-refractivity contribution in [3.05, 3.63) is 50.5 Å². The van der Waals surface area contributed by atoms with Gasteiger partial charge in [0.25, 0.3) is 10.0 Å². The van der Waals surface area contributed by atoms with Crippen LogP contribution in [0.5, 0.6) is 5.75 Å². The van der Waals surface area contributed by atoms with Gasteiger partial charge in [0.05, 0.1) is 22.2 Å². The van der Waals surface area contributed by atoms with Gasteiger partial charge in [0.1, 0.15) is 5.75 Å². The third-order valence-electron chi connectivity index (χ3n) is 2.55. The van der Waals surface area contributed by atoms with Crippen LogP contribution in [0.25, 0.3) is 0 Å². The number of nitrogens with one attached hydrogen (secondary N) is 1. The fourth-order valence-corrected chi connectivity index (χ4v) is 4.06. The van der Waals surface area contributed by atoms with E-state index in [2.05, 4.69) is 43.2 Å². The van der Waals surface area contributed by atoms with Gasteiger partial charge in [0.2, 0.25) is 0 Å². The van der Waals surface area contributed by atoms with Crippen LogP contribution in [-0.4, -0.2) is 15.5 Å². The molecule has 2 aromatic rings. The van der Waals surface area contributed by atoms with Crippen LogP contribution in [0.3, 0.4) is 0 Å². The van der Waals surface area contributed by atoms with Crippen LogP contribution in [0.4, 0.5) is 5.69 Å². The number of hydrogen-bond donors (Lipinski definition) is 1. The van der Waals surface area contributed by atoms with E-state index in [1.807, 2.05) is 12.1 Å².